The molecular weight excluding hydrogens is 366 g/mol. The van der Waals surface area contributed by atoms with Crippen molar-refractivity contribution < 1.29 is 14.0 Å². The number of nitrogens with zero attached hydrogens (tertiary/aromatic N) is 2. The number of furan rings is 1. The van der Waals surface area contributed by atoms with Crippen molar-refractivity contribution >= 4 is 22.7 Å². The molecule has 1 atom stereocenters. The number of benzene rings is 1. The zero-order valence-corrected chi connectivity index (χ0v) is 17.1. The van der Waals surface area contributed by atoms with Crippen LogP contribution in [0.1, 0.15) is 43.4 Å². The summed E-state index contributed by atoms with van der Waals surface area (Å²) < 4.78 is 7.46. The van der Waals surface area contributed by atoms with Crippen molar-refractivity contribution in [3.63, 3.8) is 0 Å². The van der Waals surface area contributed by atoms with Crippen LogP contribution in [0.4, 0.5) is 0 Å². The van der Waals surface area contributed by atoms with Crippen molar-refractivity contribution in [1.82, 2.24) is 14.8 Å². The molecular formula is C23H27N3O3. The lowest BCUT2D eigenvalue weighted by molar-refractivity contribution is -0.133. The fourth-order valence-electron chi connectivity index (χ4n) is 3.98. The second-order valence-electron chi connectivity index (χ2n) is 8.36. The zero-order chi connectivity index (χ0) is 20.6. The van der Waals surface area contributed by atoms with Crippen molar-refractivity contribution in [2.45, 2.75) is 45.8 Å². The van der Waals surface area contributed by atoms with E-state index < -0.39 is 5.54 Å². The van der Waals surface area contributed by atoms with E-state index >= 15 is 0 Å². The van der Waals surface area contributed by atoms with E-state index in [4.69, 9.17) is 4.42 Å². The lowest BCUT2D eigenvalue weighted by Crippen LogP contribution is -2.63. The number of hydrogen-bond donors (Lipinski definition) is 1. The van der Waals surface area contributed by atoms with Crippen molar-refractivity contribution in [2.24, 2.45) is 5.92 Å². The van der Waals surface area contributed by atoms with Gasteiger partial charge in [-0.2, -0.15) is 0 Å². The average Bonchev–Trinajstić information content (AvgIpc) is 3.33. The van der Waals surface area contributed by atoms with Gasteiger partial charge in [-0.1, -0.05) is 32.0 Å². The molecule has 0 aliphatic carbocycles. The monoisotopic (exact) mass is 393 g/mol. The first-order valence-electron chi connectivity index (χ1n) is 10.1. The summed E-state index contributed by atoms with van der Waals surface area (Å²) in [5.41, 5.74) is 0.551. The molecule has 4 rings (SSSR count). The van der Waals surface area contributed by atoms with Crippen molar-refractivity contribution in [3.05, 3.63) is 60.2 Å². The Labute approximate surface area is 170 Å². The van der Waals surface area contributed by atoms with E-state index in [9.17, 15) is 9.59 Å². The van der Waals surface area contributed by atoms with Crippen LogP contribution in [0, 0.1) is 5.92 Å². The SMILES string of the molecule is CC(C)CCNC(=O)C1(C)Cn2c(cc3ccccc32)C(=O)N1Cc1ccco1. The highest BCUT2D eigenvalue weighted by atomic mass is 16.3. The van der Waals surface area contributed by atoms with Gasteiger partial charge in [-0.25, -0.2) is 0 Å². The lowest BCUT2D eigenvalue weighted by atomic mass is 9.94. The summed E-state index contributed by atoms with van der Waals surface area (Å²) in [6.07, 6.45) is 2.48. The molecule has 0 bridgehead atoms. The van der Waals surface area contributed by atoms with E-state index in [0.29, 0.717) is 30.5 Å². The molecule has 6 nitrogen and oxygen atoms in total. The van der Waals surface area contributed by atoms with Gasteiger partial charge in [0.1, 0.15) is 17.0 Å². The number of para-hydroxylation sites is 1. The van der Waals surface area contributed by atoms with Crippen LogP contribution >= 0.6 is 0 Å². The highest BCUT2D eigenvalue weighted by Gasteiger charge is 2.47. The van der Waals surface area contributed by atoms with Gasteiger partial charge in [0.15, 0.2) is 0 Å². The van der Waals surface area contributed by atoms with Gasteiger partial charge in [-0.3, -0.25) is 9.59 Å². The van der Waals surface area contributed by atoms with E-state index in [2.05, 4.69) is 19.2 Å². The van der Waals surface area contributed by atoms with Crippen LogP contribution in [0.25, 0.3) is 10.9 Å². The third-order valence-electron chi connectivity index (χ3n) is 5.73. The minimum atomic E-state index is -1.02. The van der Waals surface area contributed by atoms with Crippen molar-refractivity contribution in [1.29, 1.82) is 0 Å². The predicted molar refractivity (Wildman–Crippen MR) is 111 cm³/mol. The van der Waals surface area contributed by atoms with Crippen LogP contribution < -0.4 is 5.32 Å². The van der Waals surface area contributed by atoms with Crippen LogP contribution in [0.3, 0.4) is 0 Å². The first-order valence-corrected chi connectivity index (χ1v) is 10.1. The van der Waals surface area contributed by atoms with Gasteiger partial charge in [-0.15, -0.1) is 0 Å². The molecule has 6 heteroatoms. The van der Waals surface area contributed by atoms with Gasteiger partial charge in [0.05, 0.1) is 19.4 Å². The first kappa shape index (κ1) is 19.3. The quantitative estimate of drug-likeness (QED) is 0.692. The highest BCUT2D eigenvalue weighted by Crippen LogP contribution is 2.33. The second-order valence-corrected chi connectivity index (χ2v) is 8.36. The van der Waals surface area contributed by atoms with Crippen LogP contribution in [0.15, 0.2) is 53.1 Å². The van der Waals surface area contributed by atoms with Crippen LogP contribution in [0.5, 0.6) is 0 Å². The summed E-state index contributed by atoms with van der Waals surface area (Å²) in [5, 5.41) is 4.05. The minimum Gasteiger partial charge on any atom is -0.467 e. The third kappa shape index (κ3) is 3.43. The molecule has 2 aromatic heterocycles. The molecule has 0 spiro atoms. The molecule has 0 radical (unpaired) electrons. The number of nitrogens with one attached hydrogen (secondary N) is 1. The molecule has 1 unspecified atom stereocenters. The number of carbonyl (C=O) groups is 2. The maximum atomic E-state index is 13.5. The molecule has 2 amide bonds. The second kappa shape index (κ2) is 7.43. The number of carbonyl (C=O) groups excluding carboxylic acids is 2. The van der Waals surface area contributed by atoms with Crippen molar-refractivity contribution in [3.8, 4) is 0 Å². The van der Waals surface area contributed by atoms with Crippen molar-refractivity contribution in [2.75, 3.05) is 6.54 Å². The molecule has 0 saturated heterocycles. The zero-order valence-electron chi connectivity index (χ0n) is 17.1. The number of fused-ring (bicyclic) bond motifs is 3. The number of hydrogen-bond acceptors (Lipinski definition) is 3. The summed E-state index contributed by atoms with van der Waals surface area (Å²) >= 11 is 0. The molecule has 3 aromatic rings. The maximum absolute atomic E-state index is 13.5. The summed E-state index contributed by atoms with van der Waals surface area (Å²) in [4.78, 5) is 28.4. The Bertz CT molecular complexity index is 1040. The maximum Gasteiger partial charge on any atom is 0.271 e. The van der Waals surface area contributed by atoms with Crippen LogP contribution in [0.2, 0.25) is 0 Å². The van der Waals surface area contributed by atoms with Gasteiger partial charge in [0.2, 0.25) is 5.91 Å². The standard InChI is InChI=1S/C23H27N3O3/c1-16(2)10-11-24-22(28)23(3)15-25-19-9-5-4-7-17(19)13-20(25)21(27)26(23)14-18-8-6-12-29-18/h4-9,12-13,16H,10-11,14-15H2,1-3H3,(H,24,28). The molecule has 1 N–H and O–H groups in total. The molecule has 1 aromatic carbocycles. The Balaban J connectivity index is 1.73. The fraction of sp³-hybridized carbons (Fsp3) is 0.391. The average molecular weight is 393 g/mol. The van der Waals surface area contributed by atoms with E-state index in [-0.39, 0.29) is 18.4 Å². The molecule has 1 aliphatic rings. The van der Waals surface area contributed by atoms with Gasteiger partial charge in [0, 0.05) is 17.4 Å². The van der Waals surface area contributed by atoms with E-state index in [0.717, 1.165) is 17.3 Å². The molecule has 1 aliphatic heterocycles. The van der Waals surface area contributed by atoms with E-state index in [1.807, 2.05) is 47.9 Å². The lowest BCUT2D eigenvalue weighted by Gasteiger charge is -2.43. The van der Waals surface area contributed by atoms with Crippen LogP contribution in [-0.2, 0) is 17.9 Å². The summed E-state index contributed by atoms with van der Waals surface area (Å²) in [5.74, 6) is 0.853. The number of rotatable bonds is 6. The smallest absolute Gasteiger partial charge is 0.271 e. The Hall–Kier alpha value is -3.02. The van der Waals surface area contributed by atoms with Gasteiger partial charge in [0.25, 0.3) is 5.91 Å². The Morgan fingerprint density at radius 2 is 2.03 bits per heavy atom. The largest absolute Gasteiger partial charge is 0.467 e. The normalized spacial score (nSPS) is 19.0. The summed E-state index contributed by atoms with van der Waals surface area (Å²) in [6, 6.07) is 13.4. The van der Waals surface area contributed by atoms with Gasteiger partial charge >= 0.3 is 0 Å². The molecule has 3 heterocycles. The third-order valence-corrected chi connectivity index (χ3v) is 5.73. The minimum absolute atomic E-state index is 0.138. The van der Waals surface area contributed by atoms with Gasteiger partial charge < -0.3 is 19.2 Å². The Morgan fingerprint density at radius 1 is 1.24 bits per heavy atom. The van der Waals surface area contributed by atoms with E-state index in [1.54, 1.807) is 17.2 Å². The molecule has 29 heavy (non-hydrogen) atoms. The number of aromatic nitrogens is 1. The Morgan fingerprint density at radius 3 is 2.76 bits per heavy atom. The molecule has 0 fully saturated rings. The number of amides is 2. The molecule has 0 saturated carbocycles. The molecule has 152 valence electrons. The predicted octanol–water partition coefficient (Wildman–Crippen LogP) is 3.81. The van der Waals surface area contributed by atoms with Gasteiger partial charge in [-0.05, 0) is 43.5 Å². The highest BCUT2D eigenvalue weighted by molar-refractivity contribution is 6.03. The Kier molecular flexibility index (Phi) is 4.94. The van der Waals surface area contributed by atoms with Crippen LogP contribution in [-0.4, -0.2) is 33.4 Å². The first-order chi connectivity index (χ1) is 13.9. The fourth-order valence-corrected chi connectivity index (χ4v) is 3.98. The summed E-state index contributed by atoms with van der Waals surface area (Å²) in [6.45, 7) is 7.33. The summed E-state index contributed by atoms with van der Waals surface area (Å²) in [7, 11) is 0. The van der Waals surface area contributed by atoms with E-state index in [1.165, 1.54) is 0 Å². The topological polar surface area (TPSA) is 67.5 Å².